The van der Waals surface area contributed by atoms with Crippen LogP contribution in [0, 0.1) is 0 Å². The standard InChI is InChI=1S/C39H44N4O4/c44-36(32-22-12-6-13-23-32)42-34(28-30-18-8-4-9-19-30)38(46)40-26-16-2-1-3-17-27-41-39(47)35(29-31-20-10-5-11-21-31)43-37(45)33-24-14-7-15-25-33/h4-15,18-25,34-35H,1-3,16-17,26-29H2,(H,40,46)(H,41,47)(H,42,44)(H,43,45)/t34-,35-/m0/s1. The lowest BCUT2D eigenvalue weighted by atomic mass is 10.0. The Bertz CT molecular complexity index is 1420. The molecule has 0 unspecified atom stereocenters. The zero-order valence-electron chi connectivity index (χ0n) is 26.7. The molecule has 0 aliphatic heterocycles. The number of nitrogens with one attached hydrogen (secondary N) is 4. The maximum absolute atomic E-state index is 13.1. The molecule has 8 heteroatoms. The molecule has 0 bridgehead atoms. The molecule has 4 aromatic carbocycles. The molecule has 0 aliphatic carbocycles. The van der Waals surface area contributed by atoms with Crippen molar-refractivity contribution < 1.29 is 19.2 Å². The van der Waals surface area contributed by atoms with Crippen molar-refractivity contribution >= 4 is 23.6 Å². The molecule has 0 aliphatic rings. The normalized spacial score (nSPS) is 11.9. The van der Waals surface area contributed by atoms with Gasteiger partial charge in [-0.05, 0) is 48.2 Å². The van der Waals surface area contributed by atoms with Crippen LogP contribution in [0.15, 0.2) is 121 Å². The first-order valence-corrected chi connectivity index (χ1v) is 16.3. The van der Waals surface area contributed by atoms with Gasteiger partial charge in [0.15, 0.2) is 0 Å². The molecule has 47 heavy (non-hydrogen) atoms. The Morgan fingerprint density at radius 1 is 0.426 bits per heavy atom. The second-order valence-corrected chi connectivity index (χ2v) is 11.5. The van der Waals surface area contributed by atoms with Crippen molar-refractivity contribution in [3.05, 3.63) is 144 Å². The van der Waals surface area contributed by atoms with E-state index in [1.165, 1.54) is 0 Å². The number of hydrogen-bond donors (Lipinski definition) is 4. The van der Waals surface area contributed by atoms with E-state index >= 15 is 0 Å². The minimum atomic E-state index is -0.683. The van der Waals surface area contributed by atoms with Crippen LogP contribution in [0.25, 0.3) is 0 Å². The molecule has 244 valence electrons. The van der Waals surface area contributed by atoms with Crippen LogP contribution in [0.4, 0.5) is 0 Å². The average molecular weight is 633 g/mol. The second kappa shape index (κ2) is 19.3. The summed E-state index contributed by atoms with van der Waals surface area (Å²) in [6.45, 7) is 1.04. The van der Waals surface area contributed by atoms with Crippen LogP contribution in [0.2, 0.25) is 0 Å². The van der Waals surface area contributed by atoms with Crippen LogP contribution >= 0.6 is 0 Å². The molecule has 2 atom stereocenters. The van der Waals surface area contributed by atoms with Crippen LogP contribution in [0.1, 0.15) is 63.9 Å². The third-order valence-electron chi connectivity index (χ3n) is 7.83. The number of carbonyl (C=O) groups is 4. The topological polar surface area (TPSA) is 116 Å². The lowest BCUT2D eigenvalue weighted by molar-refractivity contribution is -0.123. The number of benzene rings is 4. The van der Waals surface area contributed by atoms with Crippen LogP contribution in [0.5, 0.6) is 0 Å². The first-order chi connectivity index (χ1) is 23.0. The van der Waals surface area contributed by atoms with Crippen molar-refractivity contribution in [1.82, 2.24) is 21.3 Å². The number of amides is 4. The van der Waals surface area contributed by atoms with Crippen LogP contribution in [-0.4, -0.2) is 48.8 Å². The quantitative estimate of drug-likeness (QED) is 0.112. The monoisotopic (exact) mass is 632 g/mol. The summed E-state index contributed by atoms with van der Waals surface area (Å²) in [5, 5.41) is 11.8. The molecule has 4 aromatic rings. The van der Waals surface area contributed by atoms with E-state index in [-0.39, 0.29) is 23.6 Å². The smallest absolute Gasteiger partial charge is 0.251 e. The summed E-state index contributed by atoms with van der Waals surface area (Å²) in [7, 11) is 0. The van der Waals surface area contributed by atoms with E-state index < -0.39 is 12.1 Å². The van der Waals surface area contributed by atoms with Crippen LogP contribution < -0.4 is 21.3 Å². The molecule has 8 nitrogen and oxygen atoms in total. The van der Waals surface area contributed by atoms with Crippen LogP contribution in [-0.2, 0) is 22.4 Å². The third kappa shape index (κ3) is 12.2. The van der Waals surface area contributed by atoms with E-state index in [1.54, 1.807) is 48.5 Å². The Kier molecular flexibility index (Phi) is 14.2. The number of hydrogen-bond acceptors (Lipinski definition) is 4. The molecule has 0 heterocycles. The molecule has 4 rings (SSSR count). The van der Waals surface area contributed by atoms with Gasteiger partial charge in [-0.25, -0.2) is 0 Å². The Labute approximate surface area is 277 Å². The summed E-state index contributed by atoms with van der Waals surface area (Å²) < 4.78 is 0. The van der Waals surface area contributed by atoms with E-state index in [9.17, 15) is 19.2 Å². The van der Waals surface area contributed by atoms with E-state index in [0.29, 0.717) is 37.1 Å². The van der Waals surface area contributed by atoms with Gasteiger partial charge in [0.2, 0.25) is 11.8 Å². The van der Waals surface area contributed by atoms with Crippen molar-refractivity contribution in [3.8, 4) is 0 Å². The molecule has 0 radical (unpaired) electrons. The fourth-order valence-electron chi connectivity index (χ4n) is 5.23. The Morgan fingerprint density at radius 3 is 1.11 bits per heavy atom. The summed E-state index contributed by atoms with van der Waals surface area (Å²) in [6.07, 6.45) is 5.25. The molecule has 0 saturated heterocycles. The minimum Gasteiger partial charge on any atom is -0.354 e. The summed E-state index contributed by atoms with van der Waals surface area (Å²) in [5.74, 6) is -0.965. The predicted molar refractivity (Wildman–Crippen MR) is 185 cm³/mol. The lowest BCUT2D eigenvalue weighted by Crippen LogP contribution is -2.48. The van der Waals surface area contributed by atoms with Gasteiger partial charge in [0.05, 0.1) is 0 Å². The molecular weight excluding hydrogens is 588 g/mol. The molecule has 0 aromatic heterocycles. The van der Waals surface area contributed by atoms with Gasteiger partial charge in [0, 0.05) is 37.1 Å². The highest BCUT2D eigenvalue weighted by Crippen LogP contribution is 2.09. The van der Waals surface area contributed by atoms with Gasteiger partial charge < -0.3 is 21.3 Å². The maximum atomic E-state index is 13.1. The fourth-order valence-corrected chi connectivity index (χ4v) is 5.23. The lowest BCUT2D eigenvalue weighted by Gasteiger charge is -2.19. The average Bonchev–Trinajstić information content (AvgIpc) is 3.11. The highest BCUT2D eigenvalue weighted by Gasteiger charge is 2.23. The van der Waals surface area contributed by atoms with E-state index in [1.807, 2.05) is 72.8 Å². The van der Waals surface area contributed by atoms with Gasteiger partial charge >= 0.3 is 0 Å². The molecule has 0 spiro atoms. The highest BCUT2D eigenvalue weighted by atomic mass is 16.2. The molecule has 4 amide bonds. The van der Waals surface area contributed by atoms with Crippen molar-refractivity contribution in [2.45, 2.75) is 57.0 Å². The number of rotatable bonds is 18. The summed E-state index contributed by atoms with van der Waals surface area (Å²) >= 11 is 0. The van der Waals surface area contributed by atoms with Crippen molar-refractivity contribution in [3.63, 3.8) is 0 Å². The summed E-state index contributed by atoms with van der Waals surface area (Å²) in [4.78, 5) is 51.7. The van der Waals surface area contributed by atoms with Gasteiger partial charge in [-0.1, -0.05) is 116 Å². The largest absolute Gasteiger partial charge is 0.354 e. The van der Waals surface area contributed by atoms with Gasteiger partial charge in [-0.15, -0.1) is 0 Å². The van der Waals surface area contributed by atoms with Gasteiger partial charge in [-0.3, -0.25) is 19.2 Å². The molecule has 0 saturated carbocycles. The summed E-state index contributed by atoms with van der Waals surface area (Å²) in [5.41, 5.74) is 2.97. The van der Waals surface area contributed by atoms with Gasteiger partial charge in [0.25, 0.3) is 11.8 Å². The fraction of sp³-hybridized carbons (Fsp3) is 0.282. The zero-order chi connectivity index (χ0) is 33.1. The van der Waals surface area contributed by atoms with Gasteiger partial charge in [0.1, 0.15) is 12.1 Å². The molecule has 4 N–H and O–H groups in total. The van der Waals surface area contributed by atoms with E-state index in [4.69, 9.17) is 0 Å². The highest BCUT2D eigenvalue weighted by molar-refractivity contribution is 5.98. The van der Waals surface area contributed by atoms with Gasteiger partial charge in [-0.2, -0.15) is 0 Å². The molecular formula is C39H44N4O4. The number of unbranched alkanes of at least 4 members (excludes halogenated alkanes) is 4. The SMILES string of the molecule is O=C(N[C@@H](Cc1ccccc1)C(=O)NCCCCCCCNC(=O)[C@H](Cc1ccccc1)NC(=O)c1ccccc1)c1ccccc1. The molecule has 0 fully saturated rings. The first-order valence-electron chi connectivity index (χ1n) is 16.3. The predicted octanol–water partition coefficient (Wildman–Crippen LogP) is 5.25. The van der Waals surface area contributed by atoms with Crippen LogP contribution in [0.3, 0.4) is 0 Å². The van der Waals surface area contributed by atoms with Crippen molar-refractivity contribution in [2.75, 3.05) is 13.1 Å². The second-order valence-electron chi connectivity index (χ2n) is 11.5. The maximum Gasteiger partial charge on any atom is 0.251 e. The zero-order valence-corrected chi connectivity index (χ0v) is 26.7. The van der Waals surface area contributed by atoms with E-state index in [2.05, 4.69) is 21.3 Å². The Balaban J connectivity index is 1.15. The van der Waals surface area contributed by atoms with E-state index in [0.717, 1.165) is 43.2 Å². The third-order valence-corrected chi connectivity index (χ3v) is 7.83. The summed E-state index contributed by atoms with van der Waals surface area (Å²) in [6, 6.07) is 35.7. The van der Waals surface area contributed by atoms with Crippen molar-refractivity contribution in [2.24, 2.45) is 0 Å². The Morgan fingerprint density at radius 2 is 0.745 bits per heavy atom. The first kappa shape index (κ1) is 34.6. The Hall–Kier alpha value is -5.24. The minimum absolute atomic E-state index is 0.203. The number of carbonyl (C=O) groups excluding carboxylic acids is 4. The van der Waals surface area contributed by atoms with Crippen molar-refractivity contribution in [1.29, 1.82) is 0 Å².